The summed E-state index contributed by atoms with van der Waals surface area (Å²) in [6.45, 7) is 0. The van der Waals surface area contributed by atoms with Crippen LogP contribution in [0.4, 0.5) is 0 Å². The molecule has 0 unspecified atom stereocenters. The Kier molecular flexibility index (Phi) is 7.43. The Bertz CT molecular complexity index is 2860. The molecule has 0 amide bonds. The van der Waals surface area contributed by atoms with Crippen molar-refractivity contribution >= 4 is 32.6 Å². The molecule has 248 valence electrons. The Balaban J connectivity index is 1.05. The number of hydrogen-bond acceptors (Lipinski definition) is 3. The fourth-order valence-corrected chi connectivity index (χ4v) is 7.35. The van der Waals surface area contributed by atoms with Gasteiger partial charge in [0.2, 0.25) is 0 Å². The van der Waals surface area contributed by atoms with E-state index in [9.17, 15) is 0 Å². The maximum atomic E-state index is 5.07. The van der Waals surface area contributed by atoms with Crippen molar-refractivity contribution in [2.24, 2.45) is 0 Å². The minimum Gasteiger partial charge on any atom is -0.309 e. The van der Waals surface area contributed by atoms with Gasteiger partial charge in [-0.05, 0) is 75.5 Å². The van der Waals surface area contributed by atoms with Crippen molar-refractivity contribution in [1.29, 1.82) is 0 Å². The first-order valence-electron chi connectivity index (χ1n) is 17.9. The van der Waals surface area contributed by atoms with Crippen molar-refractivity contribution in [3.8, 4) is 62.1 Å². The molecule has 0 bridgehead atoms. The number of fused-ring (bicyclic) bond motifs is 4. The second-order valence-corrected chi connectivity index (χ2v) is 13.3. The van der Waals surface area contributed by atoms with Crippen LogP contribution < -0.4 is 0 Å². The highest BCUT2D eigenvalue weighted by molar-refractivity contribution is 6.09. The lowest BCUT2D eigenvalue weighted by Crippen LogP contribution is -2.00. The smallest absolute Gasteiger partial charge is 0.164 e. The molecule has 10 aromatic rings. The van der Waals surface area contributed by atoms with Crippen molar-refractivity contribution in [1.82, 2.24) is 19.5 Å². The van der Waals surface area contributed by atoms with E-state index in [4.69, 9.17) is 15.0 Å². The second kappa shape index (κ2) is 12.9. The minimum atomic E-state index is 0.629. The Morgan fingerprint density at radius 3 is 1.25 bits per heavy atom. The number of para-hydroxylation sites is 2. The van der Waals surface area contributed by atoms with Gasteiger partial charge in [-0.2, -0.15) is 0 Å². The third kappa shape index (κ3) is 5.63. The summed E-state index contributed by atoms with van der Waals surface area (Å²) in [7, 11) is 0. The van der Waals surface area contributed by atoms with Gasteiger partial charge in [-0.1, -0.05) is 152 Å². The summed E-state index contributed by atoms with van der Waals surface area (Å²) in [5.74, 6) is 1.90. The molecule has 0 fully saturated rings. The van der Waals surface area contributed by atoms with Gasteiger partial charge in [0.1, 0.15) is 0 Å². The predicted molar refractivity (Wildman–Crippen MR) is 219 cm³/mol. The van der Waals surface area contributed by atoms with Gasteiger partial charge in [0.25, 0.3) is 0 Å². The standard InChI is InChI=1S/C49H32N4/c1-2-10-33(11-3-1)35-18-23-37(24-19-35)47-50-48(38-25-20-36(21-26-38)41-27-22-34-12-4-5-13-40(34)32-41)52-49(51-47)39-28-30-42(31-29-39)53-45-16-8-6-14-43(45)44-15-7-9-17-46(44)53/h1-32H. The lowest BCUT2D eigenvalue weighted by molar-refractivity contribution is 1.07. The van der Waals surface area contributed by atoms with E-state index in [-0.39, 0.29) is 0 Å². The molecule has 0 aliphatic heterocycles. The number of aromatic nitrogens is 4. The van der Waals surface area contributed by atoms with E-state index in [1.54, 1.807) is 0 Å². The van der Waals surface area contributed by atoms with Crippen LogP contribution >= 0.6 is 0 Å². The molecule has 0 aliphatic carbocycles. The number of benzene rings is 8. The van der Waals surface area contributed by atoms with Gasteiger partial charge in [0.05, 0.1) is 11.0 Å². The second-order valence-electron chi connectivity index (χ2n) is 13.3. The van der Waals surface area contributed by atoms with Gasteiger partial charge in [-0.3, -0.25) is 0 Å². The molecule has 53 heavy (non-hydrogen) atoms. The molecular weight excluding hydrogens is 645 g/mol. The summed E-state index contributed by atoms with van der Waals surface area (Å²) in [6, 6.07) is 68.1. The van der Waals surface area contributed by atoms with E-state index in [1.165, 1.54) is 43.7 Å². The summed E-state index contributed by atoms with van der Waals surface area (Å²) in [5, 5.41) is 4.94. The van der Waals surface area contributed by atoms with Crippen molar-refractivity contribution in [3.63, 3.8) is 0 Å². The fourth-order valence-electron chi connectivity index (χ4n) is 7.35. The zero-order valence-electron chi connectivity index (χ0n) is 28.8. The highest BCUT2D eigenvalue weighted by Gasteiger charge is 2.15. The number of nitrogens with zero attached hydrogens (tertiary/aromatic N) is 4. The largest absolute Gasteiger partial charge is 0.309 e. The number of hydrogen-bond donors (Lipinski definition) is 0. The lowest BCUT2D eigenvalue weighted by atomic mass is 10.00. The van der Waals surface area contributed by atoms with Crippen molar-refractivity contribution in [2.45, 2.75) is 0 Å². The minimum absolute atomic E-state index is 0.629. The summed E-state index contributed by atoms with van der Waals surface area (Å²) in [6.07, 6.45) is 0. The van der Waals surface area contributed by atoms with E-state index in [1.807, 2.05) is 6.07 Å². The molecule has 0 N–H and O–H groups in total. The van der Waals surface area contributed by atoms with Crippen molar-refractivity contribution < 1.29 is 0 Å². The molecule has 4 heteroatoms. The zero-order chi connectivity index (χ0) is 35.1. The summed E-state index contributed by atoms with van der Waals surface area (Å²) < 4.78 is 2.32. The summed E-state index contributed by atoms with van der Waals surface area (Å²) in [4.78, 5) is 15.2. The Morgan fingerprint density at radius 2 is 0.679 bits per heavy atom. The molecule has 10 rings (SSSR count). The molecule has 4 nitrogen and oxygen atoms in total. The quantitative estimate of drug-likeness (QED) is 0.176. The van der Waals surface area contributed by atoms with Crippen LogP contribution in [0.2, 0.25) is 0 Å². The SMILES string of the molecule is c1ccc(-c2ccc(-c3nc(-c4ccc(-c5ccc6ccccc6c5)cc4)nc(-c4ccc(-n5c6ccccc6c6ccccc65)cc4)n3)cc2)cc1. The first-order valence-corrected chi connectivity index (χ1v) is 17.9. The van der Waals surface area contributed by atoms with Crippen LogP contribution in [0.1, 0.15) is 0 Å². The normalized spacial score (nSPS) is 11.4. The van der Waals surface area contributed by atoms with Gasteiger partial charge in [0, 0.05) is 33.2 Å². The first-order chi connectivity index (χ1) is 26.2. The van der Waals surface area contributed by atoms with Crippen LogP contribution in [0.15, 0.2) is 194 Å². The first kappa shape index (κ1) is 30.6. The average molecular weight is 677 g/mol. The van der Waals surface area contributed by atoms with Crippen LogP contribution in [0, 0.1) is 0 Å². The van der Waals surface area contributed by atoms with Crippen LogP contribution in [-0.2, 0) is 0 Å². The van der Waals surface area contributed by atoms with Crippen LogP contribution in [-0.4, -0.2) is 19.5 Å². The molecule has 2 aromatic heterocycles. The van der Waals surface area contributed by atoms with E-state index < -0.39 is 0 Å². The molecule has 0 atom stereocenters. The van der Waals surface area contributed by atoms with Gasteiger partial charge >= 0.3 is 0 Å². The van der Waals surface area contributed by atoms with E-state index in [0.29, 0.717) is 17.5 Å². The fraction of sp³-hybridized carbons (Fsp3) is 0. The Hall–Kier alpha value is -7.17. The van der Waals surface area contributed by atoms with Gasteiger partial charge in [0.15, 0.2) is 17.5 Å². The molecule has 0 radical (unpaired) electrons. The van der Waals surface area contributed by atoms with Gasteiger partial charge in [-0.25, -0.2) is 15.0 Å². The topological polar surface area (TPSA) is 43.6 Å². The molecule has 2 heterocycles. The maximum Gasteiger partial charge on any atom is 0.164 e. The Labute approximate surface area is 307 Å². The molecule has 0 saturated heterocycles. The average Bonchev–Trinajstić information content (AvgIpc) is 3.58. The third-order valence-electron chi connectivity index (χ3n) is 10.1. The third-order valence-corrected chi connectivity index (χ3v) is 10.1. The molecular formula is C49H32N4. The van der Waals surface area contributed by atoms with E-state index in [0.717, 1.165) is 33.5 Å². The van der Waals surface area contributed by atoms with Crippen molar-refractivity contribution in [3.05, 3.63) is 194 Å². The highest BCUT2D eigenvalue weighted by Crippen LogP contribution is 2.34. The monoisotopic (exact) mass is 676 g/mol. The predicted octanol–water partition coefficient (Wildman–Crippen LogP) is 12.5. The van der Waals surface area contributed by atoms with Crippen LogP contribution in [0.5, 0.6) is 0 Å². The Morgan fingerprint density at radius 1 is 0.283 bits per heavy atom. The van der Waals surface area contributed by atoms with E-state index in [2.05, 4.69) is 193 Å². The molecule has 0 spiro atoms. The van der Waals surface area contributed by atoms with Crippen LogP contribution in [0.3, 0.4) is 0 Å². The zero-order valence-corrected chi connectivity index (χ0v) is 28.8. The molecule has 0 aliphatic rings. The van der Waals surface area contributed by atoms with Crippen LogP contribution in [0.25, 0.3) is 94.7 Å². The van der Waals surface area contributed by atoms with Gasteiger partial charge < -0.3 is 4.57 Å². The van der Waals surface area contributed by atoms with Crippen molar-refractivity contribution in [2.75, 3.05) is 0 Å². The van der Waals surface area contributed by atoms with E-state index >= 15 is 0 Å². The molecule has 8 aromatic carbocycles. The maximum absolute atomic E-state index is 5.07. The molecule has 0 saturated carbocycles. The summed E-state index contributed by atoms with van der Waals surface area (Å²) >= 11 is 0. The highest BCUT2D eigenvalue weighted by atomic mass is 15.0. The van der Waals surface area contributed by atoms with Gasteiger partial charge in [-0.15, -0.1) is 0 Å². The lowest BCUT2D eigenvalue weighted by Gasteiger charge is -2.11. The summed E-state index contributed by atoms with van der Waals surface area (Å²) in [5.41, 5.74) is 10.9. The number of rotatable bonds is 6.